The molecule has 10 nitrogen and oxygen atoms in total. The summed E-state index contributed by atoms with van der Waals surface area (Å²) in [5, 5.41) is 6.82. The Balaban J connectivity index is 1.32. The molecule has 0 bridgehead atoms. The van der Waals surface area contributed by atoms with E-state index in [1.807, 2.05) is 26.0 Å². The van der Waals surface area contributed by atoms with Crippen LogP contribution in [0.1, 0.15) is 31.7 Å². The highest BCUT2D eigenvalue weighted by Gasteiger charge is 2.33. The highest BCUT2D eigenvalue weighted by molar-refractivity contribution is 8.15. The fraction of sp³-hybridized carbons (Fsp3) is 0.233. The Bertz CT molecular complexity index is 1760. The molecule has 0 aliphatic carbocycles. The van der Waals surface area contributed by atoms with Gasteiger partial charge >= 0.3 is 12.4 Å². The maximum atomic E-state index is 15.1. The first-order chi connectivity index (χ1) is 21.5. The van der Waals surface area contributed by atoms with Gasteiger partial charge in [0.1, 0.15) is 23.6 Å². The molecule has 1 aliphatic rings. The second-order valence-electron chi connectivity index (χ2n) is 9.83. The lowest BCUT2D eigenvalue weighted by Crippen LogP contribution is -2.31. The van der Waals surface area contributed by atoms with E-state index in [4.69, 9.17) is 4.74 Å². The Kier molecular flexibility index (Phi) is 9.09. The average molecular weight is 643 g/mol. The molecule has 1 aliphatic heterocycles. The smallest absolute Gasteiger partial charge is 0.497 e. The number of alkyl halides is 3. The summed E-state index contributed by atoms with van der Waals surface area (Å²) in [4.78, 5) is 35.4. The number of urea groups is 1. The third-order valence-corrected chi connectivity index (χ3v) is 7.80. The van der Waals surface area contributed by atoms with E-state index in [-0.39, 0.29) is 39.8 Å². The number of aromatic nitrogens is 3. The zero-order valence-electron chi connectivity index (χ0n) is 24.1. The van der Waals surface area contributed by atoms with Gasteiger partial charge in [-0.2, -0.15) is 4.99 Å². The molecule has 3 aromatic carbocycles. The third-order valence-electron chi connectivity index (χ3n) is 6.88. The van der Waals surface area contributed by atoms with Crippen LogP contribution in [0.5, 0.6) is 11.5 Å². The van der Waals surface area contributed by atoms with Crippen molar-refractivity contribution >= 4 is 40.2 Å². The Morgan fingerprint density at radius 1 is 1.11 bits per heavy atom. The van der Waals surface area contributed by atoms with Crippen molar-refractivity contribution in [1.29, 1.82) is 0 Å². The minimum atomic E-state index is -4.81. The number of hydrogen-bond acceptors (Lipinski definition) is 7. The zero-order chi connectivity index (χ0) is 32.3. The molecular weight excluding hydrogens is 616 g/mol. The van der Waals surface area contributed by atoms with E-state index in [1.165, 1.54) is 47.3 Å². The van der Waals surface area contributed by atoms with Gasteiger partial charge in [-0.15, -0.1) is 18.3 Å². The molecule has 234 valence electrons. The maximum absolute atomic E-state index is 15.1. The number of nitrogens with zero attached hydrogens (tertiary/aromatic N) is 5. The number of amides is 3. The monoisotopic (exact) mass is 642 g/mol. The van der Waals surface area contributed by atoms with E-state index in [9.17, 15) is 22.8 Å². The Morgan fingerprint density at radius 2 is 1.84 bits per heavy atom. The van der Waals surface area contributed by atoms with Gasteiger partial charge in [0, 0.05) is 11.6 Å². The Morgan fingerprint density at radius 3 is 2.51 bits per heavy atom. The van der Waals surface area contributed by atoms with Crippen LogP contribution in [0, 0.1) is 5.82 Å². The number of aliphatic imine (C=N–C) groups is 1. The van der Waals surface area contributed by atoms with Crippen LogP contribution in [0.3, 0.4) is 0 Å². The second kappa shape index (κ2) is 13.0. The number of thioether (sulfide) groups is 1. The minimum Gasteiger partial charge on any atom is -0.497 e. The summed E-state index contributed by atoms with van der Waals surface area (Å²) in [5.74, 6) is -0.556. The molecule has 1 fully saturated rings. The molecule has 3 amide bonds. The number of hydrogen-bond donors (Lipinski definition) is 1. The van der Waals surface area contributed by atoms with Gasteiger partial charge in [-0.05, 0) is 66.4 Å². The molecule has 1 unspecified atom stereocenters. The molecule has 0 spiro atoms. The van der Waals surface area contributed by atoms with Crippen molar-refractivity contribution in [2.24, 2.45) is 4.99 Å². The van der Waals surface area contributed by atoms with Crippen molar-refractivity contribution in [3.63, 3.8) is 0 Å². The van der Waals surface area contributed by atoms with Gasteiger partial charge in [-0.3, -0.25) is 9.69 Å². The largest absolute Gasteiger partial charge is 0.573 e. The molecule has 5 rings (SSSR count). The second-order valence-corrected chi connectivity index (χ2v) is 10.8. The van der Waals surface area contributed by atoms with Crippen LogP contribution in [0.25, 0.3) is 17.1 Å². The molecule has 0 radical (unpaired) electrons. The molecular formula is C30H26F4N6O4S. The predicted molar refractivity (Wildman–Crippen MR) is 162 cm³/mol. The number of ether oxygens (including phenoxy) is 2. The first kappa shape index (κ1) is 31.5. The van der Waals surface area contributed by atoms with E-state index in [0.29, 0.717) is 17.1 Å². The molecule has 45 heavy (non-hydrogen) atoms. The molecule has 2 heterocycles. The van der Waals surface area contributed by atoms with Gasteiger partial charge < -0.3 is 14.8 Å². The maximum Gasteiger partial charge on any atom is 0.573 e. The van der Waals surface area contributed by atoms with Crippen molar-refractivity contribution in [1.82, 2.24) is 14.8 Å². The van der Waals surface area contributed by atoms with Crippen LogP contribution in [0.4, 0.5) is 33.7 Å². The SMILES string of the molecule is CCC(C)c1ccc(OC)cc1N1C(=O)CSC1=NC(=O)Nc1ccc(-c2ncn(-c3ccc(OC(F)(F)F)cc3)n2)cc1F. The lowest BCUT2D eigenvalue weighted by molar-refractivity contribution is -0.274. The molecule has 4 aromatic rings. The summed E-state index contributed by atoms with van der Waals surface area (Å²) >= 11 is 1.10. The third kappa shape index (κ3) is 7.25. The Hall–Kier alpha value is -4.92. The normalized spacial score (nSPS) is 15.0. The van der Waals surface area contributed by atoms with Gasteiger partial charge in [0.15, 0.2) is 11.0 Å². The number of rotatable bonds is 8. The summed E-state index contributed by atoms with van der Waals surface area (Å²) in [6.45, 7) is 4.06. The molecule has 1 aromatic heterocycles. The number of carbonyl (C=O) groups excluding carboxylic acids is 2. The van der Waals surface area contributed by atoms with Gasteiger partial charge in [0.05, 0.1) is 29.9 Å². The number of halogens is 4. The van der Waals surface area contributed by atoms with Gasteiger partial charge in [0.2, 0.25) is 5.91 Å². The number of methoxy groups -OCH3 is 1. The highest BCUT2D eigenvalue weighted by Crippen LogP contribution is 2.37. The number of carbonyl (C=O) groups is 2. The summed E-state index contributed by atoms with van der Waals surface area (Å²) in [6.07, 6.45) is -2.67. The van der Waals surface area contributed by atoms with Gasteiger partial charge in [-0.1, -0.05) is 31.7 Å². The summed E-state index contributed by atoms with van der Waals surface area (Å²) < 4.78 is 62.8. The van der Waals surface area contributed by atoms with E-state index in [2.05, 4.69) is 25.1 Å². The number of amidine groups is 1. The quantitative estimate of drug-likeness (QED) is 0.203. The van der Waals surface area contributed by atoms with Crippen molar-refractivity contribution in [3.8, 4) is 28.6 Å². The Labute approximate surface area is 259 Å². The molecule has 0 saturated carbocycles. The lowest BCUT2D eigenvalue weighted by Gasteiger charge is -2.23. The number of benzene rings is 3. The first-order valence-corrected chi connectivity index (χ1v) is 14.6. The van der Waals surface area contributed by atoms with Crippen LogP contribution in [0.15, 0.2) is 72.0 Å². The number of nitrogens with one attached hydrogen (secondary N) is 1. The van der Waals surface area contributed by atoms with Crippen molar-refractivity contribution < 1.29 is 36.6 Å². The first-order valence-electron chi connectivity index (χ1n) is 13.6. The minimum absolute atomic E-state index is 0.0808. The van der Waals surface area contributed by atoms with Crippen LogP contribution in [-0.2, 0) is 4.79 Å². The topological polar surface area (TPSA) is 111 Å². The number of anilines is 2. The standard InChI is InChI=1S/C30H26F4N6O4S/c1-4-17(2)22-11-10-21(43-3)14-25(22)40-26(41)15-45-29(40)37-28(42)36-24-12-5-18(13-23(24)31)27-35-16-39(38-27)19-6-8-20(9-7-19)44-30(32,33)34/h5-14,16-17H,4,15H2,1-3H3,(H,36,42). The van der Waals surface area contributed by atoms with E-state index < -0.39 is 24.0 Å². The van der Waals surface area contributed by atoms with E-state index >= 15 is 4.39 Å². The fourth-order valence-corrected chi connectivity index (χ4v) is 5.33. The zero-order valence-corrected chi connectivity index (χ0v) is 24.9. The van der Waals surface area contributed by atoms with Gasteiger partial charge in [-0.25, -0.2) is 18.9 Å². The van der Waals surface area contributed by atoms with Gasteiger partial charge in [0.25, 0.3) is 0 Å². The van der Waals surface area contributed by atoms with Crippen LogP contribution < -0.4 is 19.7 Å². The average Bonchev–Trinajstić information content (AvgIpc) is 3.64. The molecule has 1 saturated heterocycles. The van der Waals surface area contributed by atoms with Crippen LogP contribution in [-0.4, -0.2) is 51.1 Å². The summed E-state index contributed by atoms with van der Waals surface area (Å²) in [7, 11) is 1.52. The van der Waals surface area contributed by atoms with E-state index in [1.54, 1.807) is 6.07 Å². The van der Waals surface area contributed by atoms with Crippen molar-refractivity contribution in [3.05, 3.63) is 78.4 Å². The predicted octanol–water partition coefficient (Wildman–Crippen LogP) is 7.16. The molecule has 1 N–H and O–H groups in total. The van der Waals surface area contributed by atoms with Crippen molar-refractivity contribution in [2.75, 3.05) is 23.1 Å². The fourth-order valence-electron chi connectivity index (χ4n) is 4.47. The summed E-state index contributed by atoms with van der Waals surface area (Å²) in [5.41, 5.74) is 1.99. The summed E-state index contributed by atoms with van der Waals surface area (Å²) in [6, 6.07) is 13.4. The molecule has 1 atom stereocenters. The molecule has 15 heteroatoms. The van der Waals surface area contributed by atoms with Crippen LogP contribution >= 0.6 is 11.8 Å². The lowest BCUT2D eigenvalue weighted by atomic mass is 9.96. The van der Waals surface area contributed by atoms with E-state index in [0.717, 1.165) is 41.9 Å². The van der Waals surface area contributed by atoms with Crippen LogP contribution in [0.2, 0.25) is 0 Å². The highest BCUT2D eigenvalue weighted by atomic mass is 32.2. The van der Waals surface area contributed by atoms with Crippen molar-refractivity contribution in [2.45, 2.75) is 32.5 Å².